The summed E-state index contributed by atoms with van der Waals surface area (Å²) < 4.78 is 37.0. The zero-order valence-electron chi connectivity index (χ0n) is 12.8. The molecule has 1 heterocycles. The summed E-state index contributed by atoms with van der Waals surface area (Å²) in [5, 5.41) is 0. The molecule has 0 fully saturated rings. The maximum Gasteiger partial charge on any atom is 0.341 e. The maximum atomic E-state index is 13.6. The third-order valence-electron chi connectivity index (χ3n) is 3.40. The highest BCUT2D eigenvalue weighted by Crippen LogP contribution is 2.22. The second-order valence-electron chi connectivity index (χ2n) is 5.09. The van der Waals surface area contributed by atoms with Crippen LogP contribution in [-0.2, 0) is 11.3 Å². The van der Waals surface area contributed by atoms with Gasteiger partial charge in [-0.15, -0.1) is 0 Å². The lowest BCUT2D eigenvalue weighted by atomic mass is 10.2. The van der Waals surface area contributed by atoms with E-state index in [1.807, 2.05) is 30.3 Å². The third kappa shape index (κ3) is 3.32. The van der Waals surface area contributed by atoms with Crippen molar-refractivity contribution in [2.75, 3.05) is 0 Å². The van der Waals surface area contributed by atoms with Gasteiger partial charge in [-0.25, -0.2) is 18.6 Å². The lowest BCUT2D eigenvalue weighted by molar-refractivity contribution is 0.0461. The highest BCUT2D eigenvalue weighted by atomic mass is 19.1. The van der Waals surface area contributed by atoms with Gasteiger partial charge in [0.1, 0.15) is 29.7 Å². The van der Waals surface area contributed by atoms with Gasteiger partial charge in [-0.1, -0.05) is 18.2 Å². The predicted octanol–water partition coefficient (Wildman–Crippen LogP) is 4.29. The topological polar surface area (TPSA) is 52.3 Å². The summed E-state index contributed by atoms with van der Waals surface area (Å²) in [6.45, 7) is 1.53. The average Bonchev–Trinajstić information content (AvgIpc) is 2.94. The molecule has 0 unspecified atom stereocenters. The first kappa shape index (κ1) is 15.9. The molecule has 0 saturated heterocycles. The lowest BCUT2D eigenvalue weighted by Crippen LogP contribution is -2.08. The minimum absolute atomic E-state index is 0.169. The molecule has 0 aliphatic carbocycles. The number of hydrogen-bond acceptors (Lipinski definition) is 4. The normalized spacial score (nSPS) is 10.6. The number of esters is 1. The van der Waals surface area contributed by atoms with Gasteiger partial charge in [0.2, 0.25) is 5.89 Å². The Labute approximate surface area is 136 Å². The number of carbonyl (C=O) groups is 1. The summed E-state index contributed by atoms with van der Waals surface area (Å²) in [6.07, 6.45) is 0. The number of aromatic nitrogens is 1. The molecule has 0 radical (unpaired) electrons. The van der Waals surface area contributed by atoms with Crippen molar-refractivity contribution in [2.45, 2.75) is 13.5 Å². The molecule has 3 aromatic rings. The first-order chi connectivity index (χ1) is 11.5. The fourth-order valence-electron chi connectivity index (χ4n) is 2.13. The first-order valence-electron chi connectivity index (χ1n) is 7.18. The Morgan fingerprint density at radius 2 is 1.92 bits per heavy atom. The van der Waals surface area contributed by atoms with Crippen molar-refractivity contribution in [1.82, 2.24) is 4.98 Å². The Morgan fingerprint density at radius 3 is 2.62 bits per heavy atom. The van der Waals surface area contributed by atoms with Crippen LogP contribution in [0.2, 0.25) is 0 Å². The molecule has 122 valence electrons. The molecule has 0 aliphatic heterocycles. The maximum absolute atomic E-state index is 13.6. The molecule has 0 amide bonds. The van der Waals surface area contributed by atoms with Crippen molar-refractivity contribution < 1.29 is 22.7 Å². The van der Waals surface area contributed by atoms with E-state index in [9.17, 15) is 13.6 Å². The van der Waals surface area contributed by atoms with Crippen LogP contribution in [-0.4, -0.2) is 11.0 Å². The van der Waals surface area contributed by atoms with Crippen LogP contribution in [0, 0.1) is 18.6 Å². The first-order valence-corrected chi connectivity index (χ1v) is 7.18. The number of hydrogen-bond donors (Lipinski definition) is 0. The smallest absolute Gasteiger partial charge is 0.341 e. The summed E-state index contributed by atoms with van der Waals surface area (Å²) in [5.74, 6) is -1.71. The Bertz CT molecular complexity index is 875. The largest absolute Gasteiger partial charge is 0.455 e. The molecule has 0 spiro atoms. The van der Waals surface area contributed by atoms with Gasteiger partial charge in [0.05, 0.1) is 5.56 Å². The average molecular weight is 329 g/mol. The second-order valence-corrected chi connectivity index (χ2v) is 5.09. The molecule has 3 rings (SSSR count). The van der Waals surface area contributed by atoms with Crippen LogP contribution in [0.15, 0.2) is 52.9 Å². The minimum atomic E-state index is -0.971. The van der Waals surface area contributed by atoms with Gasteiger partial charge in [-0.2, -0.15) is 0 Å². The van der Waals surface area contributed by atoms with Crippen LogP contribution < -0.4 is 0 Å². The van der Waals surface area contributed by atoms with E-state index in [1.54, 1.807) is 6.92 Å². The highest BCUT2D eigenvalue weighted by Gasteiger charge is 2.17. The number of benzene rings is 2. The number of aryl methyl sites for hydroxylation is 1. The van der Waals surface area contributed by atoms with Crippen molar-refractivity contribution in [3.8, 4) is 11.5 Å². The van der Waals surface area contributed by atoms with E-state index in [4.69, 9.17) is 9.15 Å². The van der Waals surface area contributed by atoms with Gasteiger partial charge in [0.15, 0.2) is 0 Å². The van der Waals surface area contributed by atoms with Crippen LogP contribution >= 0.6 is 0 Å². The molecule has 1 aromatic heterocycles. The Hall–Kier alpha value is -3.02. The van der Waals surface area contributed by atoms with Gasteiger partial charge in [0, 0.05) is 11.6 Å². The molecule has 0 N–H and O–H groups in total. The van der Waals surface area contributed by atoms with E-state index >= 15 is 0 Å². The zero-order chi connectivity index (χ0) is 17.1. The number of halogens is 2. The minimum Gasteiger partial charge on any atom is -0.455 e. The summed E-state index contributed by atoms with van der Waals surface area (Å²) in [6, 6.07) is 11.9. The molecular weight excluding hydrogens is 316 g/mol. The monoisotopic (exact) mass is 329 g/mol. The molecule has 0 aliphatic rings. The quantitative estimate of drug-likeness (QED) is 0.670. The fraction of sp³-hybridized carbons (Fsp3) is 0.111. The second kappa shape index (κ2) is 6.62. The van der Waals surface area contributed by atoms with Gasteiger partial charge in [0.25, 0.3) is 0 Å². The van der Waals surface area contributed by atoms with E-state index < -0.39 is 17.6 Å². The van der Waals surface area contributed by atoms with Gasteiger partial charge >= 0.3 is 5.97 Å². The number of nitrogens with zero attached hydrogens (tertiary/aromatic N) is 1. The molecule has 24 heavy (non-hydrogen) atoms. The molecule has 0 atom stereocenters. The van der Waals surface area contributed by atoms with Gasteiger partial charge in [-0.05, 0) is 31.2 Å². The number of ether oxygens (including phenoxy) is 1. The van der Waals surface area contributed by atoms with E-state index in [0.717, 1.165) is 17.7 Å². The summed E-state index contributed by atoms with van der Waals surface area (Å²) in [4.78, 5) is 16.2. The summed E-state index contributed by atoms with van der Waals surface area (Å²) in [7, 11) is 0. The van der Waals surface area contributed by atoms with Crippen LogP contribution in [0.1, 0.15) is 21.8 Å². The molecule has 0 bridgehead atoms. The predicted molar refractivity (Wildman–Crippen MR) is 82.2 cm³/mol. The molecule has 4 nitrogen and oxygen atoms in total. The summed E-state index contributed by atoms with van der Waals surface area (Å²) >= 11 is 0. The number of carbonyl (C=O) groups excluding carboxylic acids is 1. The molecular formula is C18H13F2NO3. The molecule has 6 heteroatoms. The van der Waals surface area contributed by atoms with Crippen molar-refractivity contribution in [3.63, 3.8) is 0 Å². The van der Waals surface area contributed by atoms with Gasteiger partial charge < -0.3 is 9.15 Å². The van der Waals surface area contributed by atoms with E-state index in [1.165, 1.54) is 0 Å². The van der Waals surface area contributed by atoms with Crippen molar-refractivity contribution >= 4 is 5.97 Å². The Morgan fingerprint density at radius 1 is 1.17 bits per heavy atom. The summed E-state index contributed by atoms with van der Waals surface area (Å²) in [5.41, 5.74) is 0.897. The highest BCUT2D eigenvalue weighted by molar-refractivity contribution is 5.89. The van der Waals surface area contributed by atoms with Crippen LogP contribution in [0.5, 0.6) is 0 Å². The van der Waals surface area contributed by atoms with E-state index in [2.05, 4.69) is 4.98 Å². The van der Waals surface area contributed by atoms with Crippen molar-refractivity contribution in [2.24, 2.45) is 0 Å². The van der Waals surface area contributed by atoms with Crippen molar-refractivity contribution in [3.05, 3.63) is 77.2 Å². The molecule has 0 saturated carbocycles. The van der Waals surface area contributed by atoms with Crippen molar-refractivity contribution in [1.29, 1.82) is 0 Å². The fourth-order valence-corrected chi connectivity index (χ4v) is 2.13. The standard InChI is InChI=1S/C18H13F2NO3/c1-11-16(21-17(24-11)12-5-3-2-4-6-12)10-23-18(22)14-8-7-13(19)9-15(14)20/h2-9H,10H2,1H3. The zero-order valence-corrected chi connectivity index (χ0v) is 12.8. The van der Waals surface area contributed by atoms with Gasteiger partial charge in [-0.3, -0.25) is 0 Å². The van der Waals surface area contributed by atoms with Crippen LogP contribution in [0.3, 0.4) is 0 Å². The van der Waals surface area contributed by atoms with Crippen LogP contribution in [0.25, 0.3) is 11.5 Å². The van der Waals surface area contributed by atoms with Crippen LogP contribution in [0.4, 0.5) is 8.78 Å². The Balaban J connectivity index is 1.73. The third-order valence-corrected chi connectivity index (χ3v) is 3.40. The van der Waals surface area contributed by atoms with E-state index in [0.29, 0.717) is 23.4 Å². The number of rotatable bonds is 4. The van der Waals surface area contributed by atoms with E-state index in [-0.39, 0.29) is 12.2 Å². The SMILES string of the molecule is Cc1oc(-c2ccccc2)nc1COC(=O)c1ccc(F)cc1F. The number of oxazole rings is 1. The lowest BCUT2D eigenvalue weighted by Gasteiger charge is -2.04. The Kier molecular flexibility index (Phi) is 4.37. The molecule has 2 aromatic carbocycles.